The van der Waals surface area contributed by atoms with E-state index in [1.165, 1.54) is 25.7 Å². The van der Waals surface area contributed by atoms with Crippen molar-refractivity contribution in [2.24, 2.45) is 0 Å². The van der Waals surface area contributed by atoms with Crippen LogP contribution in [-0.4, -0.2) is 35.6 Å². The van der Waals surface area contributed by atoms with Gasteiger partial charge in [-0.2, -0.15) is 0 Å². The van der Waals surface area contributed by atoms with Crippen molar-refractivity contribution >= 4 is 0 Å². The molecule has 0 aromatic rings. The van der Waals surface area contributed by atoms with Crippen LogP contribution in [0.15, 0.2) is 0 Å². The number of hydrogen-bond acceptors (Lipinski definition) is 3. The molecule has 2 unspecified atom stereocenters. The van der Waals surface area contributed by atoms with Gasteiger partial charge in [0.2, 0.25) is 0 Å². The minimum absolute atomic E-state index is 0.318. The highest BCUT2D eigenvalue weighted by atomic mass is 16.5. The molecule has 0 radical (unpaired) electrons. The molecule has 2 N–H and O–H groups in total. The molecule has 102 valence electrons. The van der Waals surface area contributed by atoms with Gasteiger partial charge in [-0.05, 0) is 38.5 Å². The Morgan fingerprint density at radius 1 is 0.706 bits per heavy atom. The third-order valence-electron chi connectivity index (χ3n) is 3.56. The first kappa shape index (κ1) is 14.9. The van der Waals surface area contributed by atoms with Gasteiger partial charge < -0.3 is 14.9 Å². The molecule has 0 bridgehead atoms. The van der Waals surface area contributed by atoms with Crippen molar-refractivity contribution in [1.29, 1.82) is 0 Å². The van der Waals surface area contributed by atoms with Crippen LogP contribution in [0.25, 0.3) is 0 Å². The number of aliphatic hydroxyl groups is 2. The highest BCUT2D eigenvalue weighted by molar-refractivity contribution is 4.73. The second-order valence-electron chi connectivity index (χ2n) is 5.10. The standard InChI is InChI=1S/C14H28O3/c15-11-5-1-3-7-13-9-10-14(17-13)8-4-2-6-12-16/h13-16H,1-12H2. The number of aliphatic hydroxyl groups excluding tert-OH is 2. The summed E-state index contributed by atoms with van der Waals surface area (Å²) in [6, 6.07) is 0. The molecule has 3 nitrogen and oxygen atoms in total. The Morgan fingerprint density at radius 2 is 1.18 bits per heavy atom. The van der Waals surface area contributed by atoms with E-state index in [4.69, 9.17) is 14.9 Å². The number of hydrogen-bond donors (Lipinski definition) is 2. The summed E-state index contributed by atoms with van der Waals surface area (Å²) in [5, 5.41) is 17.4. The first-order valence-corrected chi connectivity index (χ1v) is 7.24. The summed E-state index contributed by atoms with van der Waals surface area (Å²) >= 11 is 0. The second-order valence-corrected chi connectivity index (χ2v) is 5.10. The third kappa shape index (κ3) is 7.02. The van der Waals surface area contributed by atoms with Gasteiger partial charge in [-0.15, -0.1) is 0 Å². The first-order chi connectivity index (χ1) is 8.36. The highest BCUT2D eigenvalue weighted by Gasteiger charge is 2.23. The van der Waals surface area contributed by atoms with E-state index in [2.05, 4.69) is 0 Å². The predicted octanol–water partition coefficient (Wildman–Crippen LogP) is 2.64. The zero-order valence-corrected chi connectivity index (χ0v) is 10.9. The third-order valence-corrected chi connectivity index (χ3v) is 3.56. The Hall–Kier alpha value is -0.120. The molecule has 0 saturated carbocycles. The number of unbranched alkanes of at least 4 members (excludes halogenated alkanes) is 4. The van der Waals surface area contributed by atoms with Crippen molar-refractivity contribution < 1.29 is 14.9 Å². The molecular formula is C14H28O3. The summed E-state index contributed by atoms with van der Waals surface area (Å²) in [6.07, 6.45) is 12.1. The molecule has 1 aliphatic heterocycles. The van der Waals surface area contributed by atoms with Gasteiger partial charge in [0.1, 0.15) is 0 Å². The Bertz CT molecular complexity index is 155. The summed E-state index contributed by atoms with van der Waals surface area (Å²) in [6.45, 7) is 0.637. The lowest BCUT2D eigenvalue weighted by Gasteiger charge is -2.13. The highest BCUT2D eigenvalue weighted by Crippen LogP contribution is 2.27. The molecule has 17 heavy (non-hydrogen) atoms. The smallest absolute Gasteiger partial charge is 0.0579 e. The van der Waals surface area contributed by atoms with Gasteiger partial charge in [-0.25, -0.2) is 0 Å². The van der Waals surface area contributed by atoms with Gasteiger partial charge in [0, 0.05) is 13.2 Å². The molecule has 2 atom stereocenters. The average Bonchev–Trinajstić information content (AvgIpc) is 2.78. The maximum Gasteiger partial charge on any atom is 0.0579 e. The number of rotatable bonds is 10. The van der Waals surface area contributed by atoms with Crippen molar-refractivity contribution in [2.45, 2.75) is 76.4 Å². The Kier molecular flexibility index (Phi) is 8.67. The maximum absolute atomic E-state index is 8.69. The SMILES string of the molecule is OCCCCCC1CCC(CCCCCO)O1. The van der Waals surface area contributed by atoms with E-state index in [1.54, 1.807) is 0 Å². The van der Waals surface area contributed by atoms with Gasteiger partial charge in [-0.3, -0.25) is 0 Å². The van der Waals surface area contributed by atoms with Gasteiger partial charge in [0.15, 0.2) is 0 Å². The Balaban J connectivity index is 1.95. The molecule has 0 aromatic carbocycles. The van der Waals surface area contributed by atoms with Crippen molar-refractivity contribution in [2.75, 3.05) is 13.2 Å². The van der Waals surface area contributed by atoms with Crippen LogP contribution in [0.2, 0.25) is 0 Å². The summed E-state index contributed by atoms with van der Waals surface area (Å²) in [4.78, 5) is 0. The molecule has 1 fully saturated rings. The van der Waals surface area contributed by atoms with Crippen molar-refractivity contribution in [3.8, 4) is 0 Å². The van der Waals surface area contributed by atoms with E-state index in [-0.39, 0.29) is 0 Å². The fraction of sp³-hybridized carbons (Fsp3) is 1.00. The van der Waals surface area contributed by atoms with Crippen LogP contribution in [0.4, 0.5) is 0 Å². The van der Waals surface area contributed by atoms with Crippen LogP contribution >= 0.6 is 0 Å². The lowest BCUT2D eigenvalue weighted by atomic mass is 10.1. The summed E-state index contributed by atoms with van der Waals surface area (Å²) in [7, 11) is 0. The fourth-order valence-electron chi connectivity index (χ4n) is 2.53. The van der Waals surface area contributed by atoms with E-state index in [9.17, 15) is 0 Å². The fourth-order valence-corrected chi connectivity index (χ4v) is 2.53. The van der Waals surface area contributed by atoms with E-state index in [1.807, 2.05) is 0 Å². The number of ether oxygens (including phenoxy) is 1. The molecule has 1 heterocycles. The zero-order valence-electron chi connectivity index (χ0n) is 10.9. The van der Waals surface area contributed by atoms with Crippen molar-refractivity contribution in [3.05, 3.63) is 0 Å². The maximum atomic E-state index is 8.69. The van der Waals surface area contributed by atoms with Crippen LogP contribution in [0.5, 0.6) is 0 Å². The van der Waals surface area contributed by atoms with Crippen LogP contribution in [-0.2, 0) is 4.74 Å². The molecule has 1 saturated heterocycles. The predicted molar refractivity (Wildman–Crippen MR) is 69.0 cm³/mol. The normalized spacial score (nSPS) is 24.4. The van der Waals surface area contributed by atoms with Gasteiger partial charge in [-0.1, -0.05) is 25.7 Å². The minimum Gasteiger partial charge on any atom is -0.396 e. The van der Waals surface area contributed by atoms with Crippen molar-refractivity contribution in [3.63, 3.8) is 0 Å². The average molecular weight is 244 g/mol. The van der Waals surface area contributed by atoms with E-state index < -0.39 is 0 Å². The summed E-state index contributed by atoms with van der Waals surface area (Å²) in [5.41, 5.74) is 0. The van der Waals surface area contributed by atoms with Crippen LogP contribution in [0.1, 0.15) is 64.2 Å². The van der Waals surface area contributed by atoms with E-state index >= 15 is 0 Å². The lowest BCUT2D eigenvalue weighted by molar-refractivity contribution is 0.0331. The molecule has 3 heteroatoms. The molecule has 1 aliphatic rings. The second kappa shape index (κ2) is 9.86. The molecular weight excluding hydrogens is 216 g/mol. The lowest BCUT2D eigenvalue weighted by Crippen LogP contribution is -2.11. The van der Waals surface area contributed by atoms with Crippen LogP contribution < -0.4 is 0 Å². The van der Waals surface area contributed by atoms with Crippen LogP contribution in [0, 0.1) is 0 Å². The molecule has 0 spiro atoms. The summed E-state index contributed by atoms with van der Waals surface area (Å²) in [5.74, 6) is 0. The van der Waals surface area contributed by atoms with Gasteiger partial charge >= 0.3 is 0 Å². The van der Waals surface area contributed by atoms with E-state index in [0.29, 0.717) is 25.4 Å². The van der Waals surface area contributed by atoms with Crippen molar-refractivity contribution in [1.82, 2.24) is 0 Å². The first-order valence-electron chi connectivity index (χ1n) is 7.24. The molecule has 0 amide bonds. The van der Waals surface area contributed by atoms with Gasteiger partial charge in [0.25, 0.3) is 0 Å². The molecule has 0 aromatic heterocycles. The van der Waals surface area contributed by atoms with Crippen LogP contribution in [0.3, 0.4) is 0 Å². The Morgan fingerprint density at radius 3 is 1.59 bits per heavy atom. The topological polar surface area (TPSA) is 49.7 Å². The zero-order chi connectivity index (χ0) is 12.3. The van der Waals surface area contributed by atoms with E-state index in [0.717, 1.165) is 38.5 Å². The monoisotopic (exact) mass is 244 g/mol. The molecule has 0 aliphatic carbocycles. The largest absolute Gasteiger partial charge is 0.396 e. The Labute approximate surface area is 105 Å². The molecule has 1 rings (SSSR count). The van der Waals surface area contributed by atoms with Gasteiger partial charge in [0.05, 0.1) is 12.2 Å². The quantitative estimate of drug-likeness (QED) is 0.581. The summed E-state index contributed by atoms with van der Waals surface area (Å²) < 4.78 is 6.00. The minimum atomic E-state index is 0.318.